The first-order valence-corrected chi connectivity index (χ1v) is 11.3. The van der Waals surface area contributed by atoms with E-state index >= 15 is 0 Å². The Labute approximate surface area is 174 Å². The van der Waals surface area contributed by atoms with Gasteiger partial charge >= 0.3 is 0 Å². The van der Waals surface area contributed by atoms with Crippen molar-refractivity contribution in [3.8, 4) is 5.75 Å². The van der Waals surface area contributed by atoms with Crippen molar-refractivity contribution < 1.29 is 13.2 Å². The van der Waals surface area contributed by atoms with Crippen LogP contribution >= 0.6 is 0 Å². The first-order chi connectivity index (χ1) is 14.6. The van der Waals surface area contributed by atoms with E-state index in [0.717, 1.165) is 22.3 Å². The van der Waals surface area contributed by atoms with Crippen LogP contribution in [0.3, 0.4) is 0 Å². The number of rotatable bonds is 2. The molecule has 0 aromatic heterocycles. The summed E-state index contributed by atoms with van der Waals surface area (Å²) in [5.41, 5.74) is 3.55. The van der Waals surface area contributed by atoms with Gasteiger partial charge in [-0.05, 0) is 24.3 Å². The van der Waals surface area contributed by atoms with Gasteiger partial charge in [-0.15, -0.1) is 0 Å². The molecule has 1 spiro atoms. The Balaban J connectivity index is 1.55. The summed E-state index contributed by atoms with van der Waals surface area (Å²) in [5.74, 6) is 0.583. The van der Waals surface area contributed by atoms with E-state index in [9.17, 15) is 8.42 Å². The van der Waals surface area contributed by atoms with Crippen LogP contribution in [0.15, 0.2) is 106 Å². The molecule has 5 heteroatoms. The van der Waals surface area contributed by atoms with Gasteiger partial charge in [-0.25, -0.2) is 8.42 Å². The Bertz CT molecular complexity index is 1370. The van der Waals surface area contributed by atoms with Crippen LogP contribution in [0, 0.1) is 0 Å². The van der Waals surface area contributed by atoms with E-state index in [2.05, 4.69) is 11.1 Å². The van der Waals surface area contributed by atoms with Crippen LogP contribution in [0.4, 0.5) is 0 Å². The normalized spacial score (nSPS) is 24.9. The summed E-state index contributed by atoms with van der Waals surface area (Å²) in [4.78, 5) is 4.65. The number of ether oxygens (including phenoxy) is 1. The van der Waals surface area contributed by atoms with Gasteiger partial charge in [-0.3, -0.25) is 4.99 Å². The summed E-state index contributed by atoms with van der Waals surface area (Å²) >= 11 is 0. The van der Waals surface area contributed by atoms with Gasteiger partial charge < -0.3 is 4.74 Å². The minimum Gasteiger partial charge on any atom is -0.473 e. The highest BCUT2D eigenvalue weighted by Crippen LogP contribution is 2.50. The molecule has 2 aliphatic heterocycles. The second-order valence-electron chi connectivity index (χ2n) is 7.61. The van der Waals surface area contributed by atoms with Crippen molar-refractivity contribution in [2.24, 2.45) is 4.99 Å². The molecule has 0 N–H and O–H groups in total. The second kappa shape index (κ2) is 6.03. The lowest BCUT2D eigenvalue weighted by atomic mass is 9.77. The molecule has 4 nitrogen and oxygen atoms in total. The van der Waals surface area contributed by atoms with Gasteiger partial charge in [-0.1, -0.05) is 66.8 Å². The van der Waals surface area contributed by atoms with Crippen molar-refractivity contribution in [1.29, 1.82) is 0 Å². The van der Waals surface area contributed by atoms with Gasteiger partial charge in [-0.2, -0.15) is 0 Å². The van der Waals surface area contributed by atoms with Crippen LogP contribution in [0.5, 0.6) is 5.75 Å². The maximum atomic E-state index is 13.4. The van der Waals surface area contributed by atoms with E-state index in [1.807, 2.05) is 54.7 Å². The number of benzene rings is 2. The van der Waals surface area contributed by atoms with E-state index in [4.69, 9.17) is 4.74 Å². The molecule has 0 amide bonds. The van der Waals surface area contributed by atoms with Gasteiger partial charge in [0.25, 0.3) is 0 Å². The Morgan fingerprint density at radius 3 is 2.57 bits per heavy atom. The summed E-state index contributed by atoms with van der Waals surface area (Å²) in [5, 5.41) is -1.02. The van der Waals surface area contributed by atoms with Crippen LogP contribution in [-0.4, -0.2) is 20.2 Å². The average Bonchev–Trinajstić information content (AvgIpc) is 3.23. The van der Waals surface area contributed by atoms with E-state index < -0.39 is 20.8 Å². The fraction of sp³-hybridized carbons (Fsp3) is 0.0800. The standard InChI is InChI=1S/C25H17NO3S/c27-30(28,21-10-2-1-3-11-21)24-22-18(16-26-24)13-12-17-15-20-9-6-8-19-7-4-5-14-25(19,20)29-23(17)22/h1-16,24H. The average molecular weight is 411 g/mol. The Morgan fingerprint density at radius 2 is 1.70 bits per heavy atom. The molecular weight excluding hydrogens is 394 g/mol. The predicted molar refractivity (Wildman–Crippen MR) is 117 cm³/mol. The number of allylic oxidation sites excluding steroid dienone is 4. The maximum Gasteiger partial charge on any atom is 0.205 e. The van der Waals surface area contributed by atoms with E-state index in [0.29, 0.717) is 11.3 Å². The van der Waals surface area contributed by atoms with Crippen LogP contribution < -0.4 is 4.74 Å². The summed E-state index contributed by atoms with van der Waals surface area (Å²) in [6.07, 6.45) is 17.8. The van der Waals surface area contributed by atoms with Crippen LogP contribution in [0.1, 0.15) is 22.1 Å². The molecule has 30 heavy (non-hydrogen) atoms. The van der Waals surface area contributed by atoms with Crippen molar-refractivity contribution >= 4 is 22.1 Å². The molecule has 4 aliphatic rings. The lowest BCUT2D eigenvalue weighted by molar-refractivity contribution is 0.196. The third kappa shape index (κ3) is 2.27. The van der Waals surface area contributed by atoms with Crippen molar-refractivity contribution in [1.82, 2.24) is 0 Å². The highest BCUT2D eigenvalue weighted by atomic mass is 32.2. The molecule has 2 aromatic carbocycles. The summed E-state index contributed by atoms with van der Waals surface area (Å²) in [7, 11) is -3.71. The number of hydrogen-bond acceptors (Lipinski definition) is 4. The molecule has 0 fully saturated rings. The fourth-order valence-electron chi connectivity index (χ4n) is 4.45. The van der Waals surface area contributed by atoms with Gasteiger partial charge in [0.2, 0.25) is 9.84 Å². The van der Waals surface area contributed by atoms with Gasteiger partial charge in [0.05, 0.1) is 4.90 Å². The van der Waals surface area contributed by atoms with Crippen molar-refractivity contribution in [2.45, 2.75) is 15.9 Å². The Morgan fingerprint density at radius 1 is 0.900 bits per heavy atom. The zero-order valence-corrected chi connectivity index (χ0v) is 16.7. The van der Waals surface area contributed by atoms with Crippen molar-refractivity contribution in [2.75, 3.05) is 0 Å². The second-order valence-corrected chi connectivity index (χ2v) is 9.62. The number of fused-ring (bicyclic) bond motifs is 3. The molecule has 0 radical (unpaired) electrons. The predicted octanol–water partition coefficient (Wildman–Crippen LogP) is 4.73. The third-order valence-corrected chi connectivity index (χ3v) is 7.80. The fourth-order valence-corrected chi connectivity index (χ4v) is 6.02. The molecule has 6 rings (SSSR count). The van der Waals surface area contributed by atoms with E-state index in [1.54, 1.807) is 36.5 Å². The highest BCUT2D eigenvalue weighted by Gasteiger charge is 2.44. The maximum absolute atomic E-state index is 13.4. The number of sulfone groups is 1. The first kappa shape index (κ1) is 17.4. The van der Waals surface area contributed by atoms with Gasteiger partial charge in [0, 0.05) is 34.1 Å². The minimum atomic E-state index is -3.71. The molecule has 2 aliphatic carbocycles. The van der Waals surface area contributed by atoms with Gasteiger partial charge in [0.15, 0.2) is 11.0 Å². The largest absolute Gasteiger partial charge is 0.473 e. The lowest BCUT2D eigenvalue weighted by Gasteiger charge is -2.41. The zero-order valence-electron chi connectivity index (χ0n) is 15.9. The minimum absolute atomic E-state index is 0.254. The molecule has 2 aromatic rings. The van der Waals surface area contributed by atoms with Gasteiger partial charge in [0.1, 0.15) is 5.75 Å². The Hall–Kier alpha value is -3.44. The summed E-state index contributed by atoms with van der Waals surface area (Å²) < 4.78 is 33.5. The molecule has 2 atom stereocenters. The lowest BCUT2D eigenvalue weighted by Crippen LogP contribution is -2.41. The van der Waals surface area contributed by atoms with Crippen LogP contribution in [0.25, 0.3) is 6.08 Å². The van der Waals surface area contributed by atoms with Crippen LogP contribution in [-0.2, 0) is 9.84 Å². The zero-order chi connectivity index (χ0) is 20.3. The SMILES string of the molecule is O=S(=O)(c1ccccc1)C1N=Cc2ccc3c(c21)OC12C=CC=CC1=CC=CC2=C3. The highest BCUT2D eigenvalue weighted by molar-refractivity contribution is 7.91. The van der Waals surface area contributed by atoms with E-state index in [-0.39, 0.29) is 4.90 Å². The molecule has 146 valence electrons. The smallest absolute Gasteiger partial charge is 0.205 e. The topological polar surface area (TPSA) is 55.7 Å². The molecule has 2 unspecified atom stereocenters. The molecule has 2 heterocycles. The number of aliphatic imine (C=N–C) groups is 1. The molecular formula is C25H17NO3S. The first-order valence-electron chi connectivity index (χ1n) is 9.75. The van der Waals surface area contributed by atoms with Crippen LogP contribution in [0.2, 0.25) is 0 Å². The molecule has 0 saturated carbocycles. The summed E-state index contributed by atoms with van der Waals surface area (Å²) in [6, 6.07) is 12.3. The third-order valence-electron chi connectivity index (χ3n) is 5.92. The number of hydrogen-bond donors (Lipinski definition) is 0. The monoisotopic (exact) mass is 411 g/mol. The van der Waals surface area contributed by atoms with Crippen molar-refractivity contribution in [3.63, 3.8) is 0 Å². The summed E-state index contributed by atoms with van der Waals surface area (Å²) in [6.45, 7) is 0. The quantitative estimate of drug-likeness (QED) is 0.718. The molecule has 0 bridgehead atoms. The van der Waals surface area contributed by atoms with Crippen molar-refractivity contribution in [3.05, 3.63) is 113 Å². The molecule has 0 saturated heterocycles. The Kier molecular flexibility index (Phi) is 3.50. The van der Waals surface area contributed by atoms with E-state index in [1.165, 1.54) is 0 Å². The number of nitrogens with zero attached hydrogens (tertiary/aromatic N) is 1.